The van der Waals surface area contributed by atoms with E-state index in [-0.39, 0.29) is 24.8 Å². The number of rotatable bonds is 4. The van der Waals surface area contributed by atoms with Gasteiger partial charge in [-0.2, -0.15) is 0 Å². The number of halogens is 3. The Morgan fingerprint density at radius 2 is 1.77 bits per heavy atom. The quantitative estimate of drug-likeness (QED) is 0.830. The average Bonchev–Trinajstić information content (AvgIpc) is 2.67. The first-order valence-corrected chi connectivity index (χ1v) is 8.70. The van der Waals surface area contributed by atoms with Gasteiger partial charge >= 0.3 is 7.12 Å². The molecular formula is C18H23BF3NO3. The second-order valence-electron chi connectivity index (χ2n) is 8.14. The van der Waals surface area contributed by atoms with Gasteiger partial charge < -0.3 is 14.6 Å². The van der Waals surface area contributed by atoms with E-state index in [4.69, 9.17) is 9.31 Å². The summed E-state index contributed by atoms with van der Waals surface area (Å²) in [6.45, 7) is 7.66. The van der Waals surface area contributed by atoms with E-state index >= 15 is 0 Å². The van der Waals surface area contributed by atoms with Crippen molar-refractivity contribution in [1.82, 2.24) is 5.32 Å². The molecule has 1 aliphatic heterocycles. The Labute approximate surface area is 151 Å². The number of carbonyl (C=O) groups excluding carboxylic acids is 1. The van der Waals surface area contributed by atoms with Crippen LogP contribution in [0, 0.1) is 5.82 Å². The van der Waals surface area contributed by atoms with Gasteiger partial charge in [0.05, 0.1) is 17.6 Å². The number of benzene rings is 1. The van der Waals surface area contributed by atoms with Crippen molar-refractivity contribution >= 4 is 18.5 Å². The van der Waals surface area contributed by atoms with Gasteiger partial charge in [0.1, 0.15) is 5.82 Å². The highest BCUT2D eigenvalue weighted by molar-refractivity contribution is 6.62. The smallest absolute Gasteiger partial charge is 0.399 e. The topological polar surface area (TPSA) is 47.6 Å². The molecule has 1 saturated carbocycles. The van der Waals surface area contributed by atoms with Gasteiger partial charge in [0, 0.05) is 18.9 Å². The molecule has 3 rings (SSSR count). The number of hydrogen-bond acceptors (Lipinski definition) is 3. The van der Waals surface area contributed by atoms with Crippen LogP contribution in [0.1, 0.15) is 46.1 Å². The summed E-state index contributed by atoms with van der Waals surface area (Å²) in [4.78, 5) is 12.0. The van der Waals surface area contributed by atoms with Crippen LogP contribution in [0.5, 0.6) is 0 Å². The first-order chi connectivity index (χ1) is 11.9. The van der Waals surface area contributed by atoms with Gasteiger partial charge in [0.2, 0.25) is 5.91 Å². The second kappa shape index (κ2) is 6.27. The van der Waals surface area contributed by atoms with E-state index in [2.05, 4.69) is 5.32 Å². The molecule has 0 atom stereocenters. The summed E-state index contributed by atoms with van der Waals surface area (Å²) >= 11 is 0. The van der Waals surface area contributed by atoms with Crippen LogP contribution >= 0.6 is 0 Å². The fourth-order valence-corrected chi connectivity index (χ4v) is 3.07. The van der Waals surface area contributed by atoms with Crippen molar-refractivity contribution in [2.75, 3.05) is 0 Å². The normalized spacial score (nSPS) is 23.6. The third-order valence-electron chi connectivity index (χ3n) is 5.40. The third-order valence-corrected chi connectivity index (χ3v) is 5.40. The molecule has 4 nitrogen and oxygen atoms in total. The monoisotopic (exact) mass is 369 g/mol. The van der Waals surface area contributed by atoms with Gasteiger partial charge in [-0.15, -0.1) is 0 Å². The molecule has 0 unspecified atom stereocenters. The summed E-state index contributed by atoms with van der Waals surface area (Å²) in [5, 5.41) is 2.51. The van der Waals surface area contributed by atoms with Crippen LogP contribution in [0.25, 0.3) is 0 Å². The van der Waals surface area contributed by atoms with E-state index in [1.54, 1.807) is 6.07 Å². The minimum Gasteiger partial charge on any atom is -0.399 e. The van der Waals surface area contributed by atoms with Gasteiger partial charge in [-0.25, -0.2) is 13.2 Å². The Morgan fingerprint density at radius 1 is 1.19 bits per heavy atom. The highest BCUT2D eigenvalue weighted by Crippen LogP contribution is 2.38. The SMILES string of the molecule is CC1(C)OB(c2ccc(F)c(CC(=O)NC3CC(F)(F)C3)c2)OC1(C)C. The van der Waals surface area contributed by atoms with Crippen molar-refractivity contribution in [2.45, 2.75) is 70.1 Å². The van der Waals surface area contributed by atoms with Crippen LogP contribution < -0.4 is 10.8 Å². The van der Waals surface area contributed by atoms with E-state index in [1.165, 1.54) is 12.1 Å². The molecule has 1 N–H and O–H groups in total. The number of nitrogens with one attached hydrogen (secondary N) is 1. The van der Waals surface area contributed by atoms with Crippen molar-refractivity contribution in [3.05, 3.63) is 29.6 Å². The summed E-state index contributed by atoms with van der Waals surface area (Å²) in [5.74, 6) is -3.71. The molecule has 0 aromatic heterocycles. The number of hydrogen-bond donors (Lipinski definition) is 1. The zero-order chi connectivity index (χ0) is 19.3. The molecule has 0 spiro atoms. The minimum absolute atomic E-state index is 0.181. The maximum atomic E-state index is 14.1. The first-order valence-electron chi connectivity index (χ1n) is 8.70. The zero-order valence-electron chi connectivity index (χ0n) is 15.4. The van der Waals surface area contributed by atoms with Gasteiger partial charge in [-0.1, -0.05) is 12.1 Å². The van der Waals surface area contributed by atoms with E-state index in [0.29, 0.717) is 5.46 Å². The number of carbonyl (C=O) groups is 1. The Hall–Kier alpha value is -1.54. The van der Waals surface area contributed by atoms with Crippen LogP contribution in [-0.4, -0.2) is 36.2 Å². The summed E-state index contributed by atoms with van der Waals surface area (Å²) in [5.41, 5.74) is -0.262. The molecule has 0 bridgehead atoms. The lowest BCUT2D eigenvalue weighted by molar-refractivity contribution is -0.128. The average molecular weight is 369 g/mol. The van der Waals surface area contributed by atoms with Crippen LogP contribution in [0.15, 0.2) is 18.2 Å². The fourth-order valence-electron chi connectivity index (χ4n) is 3.07. The van der Waals surface area contributed by atoms with Gasteiger partial charge in [0.15, 0.2) is 0 Å². The standard InChI is InChI=1S/C18H23BF3NO3/c1-16(2)17(3,4)26-19(25-16)12-5-6-14(20)11(7-12)8-15(24)23-13-9-18(21,22)10-13/h5-7,13H,8-10H2,1-4H3,(H,23,24). The van der Waals surface area contributed by atoms with Crippen LogP contribution in [0.4, 0.5) is 13.2 Å². The molecule has 1 amide bonds. The van der Waals surface area contributed by atoms with Crippen LogP contribution in [-0.2, 0) is 20.5 Å². The predicted molar refractivity (Wildman–Crippen MR) is 91.9 cm³/mol. The van der Waals surface area contributed by atoms with E-state index in [9.17, 15) is 18.0 Å². The summed E-state index contributed by atoms with van der Waals surface area (Å²) in [7, 11) is -0.660. The molecule has 2 aliphatic rings. The Morgan fingerprint density at radius 3 is 2.31 bits per heavy atom. The molecule has 142 valence electrons. The highest BCUT2D eigenvalue weighted by Gasteiger charge is 2.51. The maximum Gasteiger partial charge on any atom is 0.494 e. The highest BCUT2D eigenvalue weighted by atomic mass is 19.3. The number of alkyl halides is 2. The first kappa shape index (κ1) is 19.2. The van der Waals surface area contributed by atoms with Crippen LogP contribution in [0.3, 0.4) is 0 Å². The Balaban J connectivity index is 1.68. The molecule has 2 fully saturated rings. The van der Waals surface area contributed by atoms with E-state index in [1.807, 2.05) is 27.7 Å². The lowest BCUT2D eigenvalue weighted by Gasteiger charge is -2.35. The second-order valence-corrected chi connectivity index (χ2v) is 8.14. The molecule has 1 aromatic carbocycles. The summed E-state index contributed by atoms with van der Waals surface area (Å²) < 4.78 is 51.6. The predicted octanol–water partition coefficient (Wildman–Crippen LogP) is 2.58. The van der Waals surface area contributed by atoms with Crippen LogP contribution in [0.2, 0.25) is 0 Å². The summed E-state index contributed by atoms with van der Waals surface area (Å²) in [6.07, 6.45) is -0.953. The Kier molecular flexibility index (Phi) is 4.64. The summed E-state index contributed by atoms with van der Waals surface area (Å²) in [6, 6.07) is 3.81. The molecule has 1 aromatic rings. The van der Waals surface area contributed by atoms with Gasteiger partial charge in [-0.3, -0.25) is 4.79 Å². The van der Waals surface area contributed by atoms with Crippen molar-refractivity contribution < 1.29 is 27.3 Å². The molecular weight excluding hydrogens is 346 g/mol. The lowest BCUT2D eigenvalue weighted by Crippen LogP contribution is -2.50. The Bertz CT molecular complexity index is 700. The minimum atomic E-state index is -2.71. The molecule has 0 radical (unpaired) electrons. The van der Waals surface area contributed by atoms with Crippen molar-refractivity contribution in [3.8, 4) is 0 Å². The number of amides is 1. The van der Waals surface area contributed by atoms with Crippen molar-refractivity contribution in [2.24, 2.45) is 0 Å². The van der Waals surface area contributed by atoms with Crippen molar-refractivity contribution in [1.29, 1.82) is 0 Å². The molecule has 1 saturated heterocycles. The maximum absolute atomic E-state index is 14.1. The van der Waals surface area contributed by atoms with E-state index < -0.39 is 42.0 Å². The van der Waals surface area contributed by atoms with E-state index in [0.717, 1.165) is 0 Å². The molecule has 1 heterocycles. The van der Waals surface area contributed by atoms with Crippen molar-refractivity contribution in [3.63, 3.8) is 0 Å². The van der Waals surface area contributed by atoms with Gasteiger partial charge in [-0.05, 0) is 44.8 Å². The largest absolute Gasteiger partial charge is 0.494 e. The molecule has 1 aliphatic carbocycles. The lowest BCUT2D eigenvalue weighted by atomic mass is 9.78. The molecule has 8 heteroatoms. The molecule has 26 heavy (non-hydrogen) atoms. The fraction of sp³-hybridized carbons (Fsp3) is 0.611. The third kappa shape index (κ3) is 3.76. The zero-order valence-corrected chi connectivity index (χ0v) is 15.4. The van der Waals surface area contributed by atoms with Gasteiger partial charge in [0.25, 0.3) is 5.92 Å².